The Balaban J connectivity index is 1.88. The van der Waals surface area contributed by atoms with Crippen LogP contribution in [-0.4, -0.2) is 16.0 Å². The van der Waals surface area contributed by atoms with E-state index in [9.17, 15) is 10.2 Å². The van der Waals surface area contributed by atoms with Gasteiger partial charge in [-0.05, 0) is 36.3 Å². The molecule has 1 unspecified atom stereocenters. The molecule has 0 amide bonds. The molecule has 1 atom stereocenters. The zero-order valence-electron chi connectivity index (χ0n) is 19.8. The van der Waals surface area contributed by atoms with E-state index in [0.717, 1.165) is 12.0 Å². The quantitative estimate of drug-likeness (QED) is 0.158. The van der Waals surface area contributed by atoms with Crippen LogP contribution in [0.5, 0.6) is 11.5 Å². The predicted molar refractivity (Wildman–Crippen MR) is 135 cm³/mol. The van der Waals surface area contributed by atoms with E-state index in [1.54, 1.807) is 12.1 Å². The van der Waals surface area contributed by atoms with Gasteiger partial charge in [0.05, 0.1) is 0 Å². The largest absolute Gasteiger partial charge is 0.504 e. The lowest BCUT2D eigenvalue weighted by Crippen LogP contribution is -1.94. The van der Waals surface area contributed by atoms with Crippen LogP contribution in [0.2, 0.25) is 0 Å². The zero-order valence-corrected chi connectivity index (χ0v) is 20.7. The molecule has 2 nitrogen and oxygen atoms in total. The molecule has 0 bridgehead atoms. The second-order valence-electron chi connectivity index (χ2n) is 8.82. The molecule has 0 spiro atoms. The van der Waals surface area contributed by atoms with E-state index in [1.165, 1.54) is 108 Å². The topological polar surface area (TPSA) is 40.5 Å². The average molecular weight is 437 g/mol. The molecule has 0 aromatic heterocycles. The highest BCUT2D eigenvalue weighted by atomic mass is 32.2. The van der Waals surface area contributed by atoms with Crippen molar-refractivity contribution < 1.29 is 10.2 Å². The van der Waals surface area contributed by atoms with E-state index < -0.39 is 0 Å². The number of rotatable bonds is 20. The van der Waals surface area contributed by atoms with Crippen molar-refractivity contribution in [2.75, 3.05) is 5.75 Å². The summed E-state index contributed by atoms with van der Waals surface area (Å²) in [7, 11) is 0. The molecule has 3 heteroatoms. The first-order chi connectivity index (χ1) is 14.7. The van der Waals surface area contributed by atoms with E-state index in [2.05, 4.69) is 13.8 Å². The van der Waals surface area contributed by atoms with Crippen LogP contribution in [0.25, 0.3) is 0 Å². The first kappa shape index (κ1) is 27.2. The number of hydrogen-bond acceptors (Lipinski definition) is 3. The van der Waals surface area contributed by atoms with Gasteiger partial charge in [0.2, 0.25) is 0 Å². The van der Waals surface area contributed by atoms with Gasteiger partial charge in [-0.15, -0.1) is 0 Å². The molecule has 0 fully saturated rings. The van der Waals surface area contributed by atoms with E-state index in [-0.39, 0.29) is 11.5 Å². The Morgan fingerprint density at radius 3 is 1.53 bits per heavy atom. The van der Waals surface area contributed by atoms with Crippen LogP contribution < -0.4 is 0 Å². The maximum Gasteiger partial charge on any atom is 0.157 e. The van der Waals surface area contributed by atoms with Crippen molar-refractivity contribution in [3.63, 3.8) is 0 Å². The van der Waals surface area contributed by atoms with Crippen LogP contribution in [-0.2, 0) is 0 Å². The Kier molecular flexibility index (Phi) is 17.1. The minimum absolute atomic E-state index is 0.00559. The summed E-state index contributed by atoms with van der Waals surface area (Å²) in [5.74, 6) is 1.14. The predicted octanol–water partition coefficient (Wildman–Crippen LogP) is 9.54. The third kappa shape index (κ3) is 13.5. The summed E-state index contributed by atoms with van der Waals surface area (Å²) in [6.45, 7) is 4.48. The lowest BCUT2D eigenvalue weighted by molar-refractivity contribution is 0.403. The van der Waals surface area contributed by atoms with E-state index in [1.807, 2.05) is 17.8 Å². The number of unbranched alkanes of at least 4 members (excludes halogenated alkanes) is 15. The number of aromatic hydroxyl groups is 2. The van der Waals surface area contributed by atoms with Crippen molar-refractivity contribution in [3.8, 4) is 11.5 Å². The van der Waals surface area contributed by atoms with Gasteiger partial charge in [-0.1, -0.05) is 116 Å². The van der Waals surface area contributed by atoms with Crippen LogP contribution in [0, 0.1) is 0 Å². The molecule has 0 aliphatic carbocycles. The number of hydrogen-bond donors (Lipinski definition) is 2. The maximum atomic E-state index is 9.71. The van der Waals surface area contributed by atoms with Crippen molar-refractivity contribution in [2.45, 2.75) is 128 Å². The first-order valence-corrected chi connectivity index (χ1v) is 13.9. The summed E-state index contributed by atoms with van der Waals surface area (Å²) >= 11 is 1.98. The van der Waals surface area contributed by atoms with Crippen molar-refractivity contribution in [2.24, 2.45) is 0 Å². The van der Waals surface area contributed by atoms with Gasteiger partial charge in [-0.25, -0.2) is 0 Å². The SMILES string of the molecule is CCCCCCCCCCCCCCCCCCSC(CC)c1ccc(O)c(O)c1. The molecule has 30 heavy (non-hydrogen) atoms. The van der Waals surface area contributed by atoms with Crippen LogP contribution >= 0.6 is 11.8 Å². The summed E-state index contributed by atoms with van der Waals surface area (Å²) in [6.07, 6.45) is 23.6. The Morgan fingerprint density at radius 1 is 0.633 bits per heavy atom. The van der Waals surface area contributed by atoms with Gasteiger partial charge in [0.15, 0.2) is 11.5 Å². The summed E-state index contributed by atoms with van der Waals surface area (Å²) in [6, 6.07) is 5.25. The Labute approximate surface area is 191 Å². The first-order valence-electron chi connectivity index (χ1n) is 12.8. The third-order valence-corrected chi connectivity index (χ3v) is 7.59. The molecule has 1 rings (SSSR count). The summed E-state index contributed by atoms with van der Waals surface area (Å²) < 4.78 is 0. The highest BCUT2D eigenvalue weighted by Gasteiger charge is 2.11. The van der Waals surface area contributed by atoms with Gasteiger partial charge in [0.1, 0.15) is 0 Å². The van der Waals surface area contributed by atoms with Gasteiger partial charge in [-0.3, -0.25) is 0 Å². The van der Waals surface area contributed by atoms with Gasteiger partial charge in [-0.2, -0.15) is 11.8 Å². The van der Waals surface area contributed by atoms with Gasteiger partial charge in [0.25, 0.3) is 0 Å². The molecule has 0 heterocycles. The van der Waals surface area contributed by atoms with E-state index in [4.69, 9.17) is 0 Å². The molecule has 174 valence electrons. The van der Waals surface area contributed by atoms with E-state index >= 15 is 0 Å². The molecule has 0 saturated heterocycles. The summed E-state index contributed by atoms with van der Waals surface area (Å²) in [5.41, 5.74) is 1.12. The van der Waals surface area contributed by atoms with Crippen LogP contribution in [0.15, 0.2) is 18.2 Å². The Bertz CT molecular complexity index is 518. The highest BCUT2D eigenvalue weighted by molar-refractivity contribution is 7.99. The normalized spacial score (nSPS) is 12.3. The van der Waals surface area contributed by atoms with Crippen LogP contribution in [0.3, 0.4) is 0 Å². The molecular formula is C27H48O2S. The Hall–Kier alpha value is -0.830. The minimum atomic E-state index is -0.0311. The van der Waals surface area contributed by atoms with Crippen molar-refractivity contribution in [1.29, 1.82) is 0 Å². The summed E-state index contributed by atoms with van der Waals surface area (Å²) in [5, 5.41) is 19.6. The fraction of sp³-hybridized carbons (Fsp3) is 0.778. The molecule has 0 aliphatic rings. The fourth-order valence-electron chi connectivity index (χ4n) is 4.07. The minimum Gasteiger partial charge on any atom is -0.504 e. The van der Waals surface area contributed by atoms with Gasteiger partial charge >= 0.3 is 0 Å². The van der Waals surface area contributed by atoms with Crippen molar-refractivity contribution >= 4 is 11.8 Å². The van der Waals surface area contributed by atoms with E-state index in [0.29, 0.717) is 5.25 Å². The highest BCUT2D eigenvalue weighted by Crippen LogP contribution is 2.36. The fourth-order valence-corrected chi connectivity index (χ4v) is 5.30. The molecular weight excluding hydrogens is 388 g/mol. The molecule has 0 aliphatic heterocycles. The number of thioether (sulfide) groups is 1. The van der Waals surface area contributed by atoms with Gasteiger partial charge in [0, 0.05) is 5.25 Å². The second kappa shape index (κ2) is 18.9. The second-order valence-corrected chi connectivity index (χ2v) is 10.1. The lowest BCUT2D eigenvalue weighted by atomic mass is 10.0. The average Bonchev–Trinajstić information content (AvgIpc) is 2.75. The van der Waals surface area contributed by atoms with Crippen LogP contribution in [0.4, 0.5) is 0 Å². The molecule has 2 N–H and O–H groups in total. The summed E-state index contributed by atoms with van der Waals surface area (Å²) in [4.78, 5) is 0. The third-order valence-electron chi connectivity index (χ3n) is 6.06. The number of phenolic OH excluding ortho intramolecular Hbond substituents is 2. The molecule has 0 saturated carbocycles. The molecule has 1 aromatic rings. The molecule has 1 aromatic carbocycles. The van der Waals surface area contributed by atoms with Gasteiger partial charge < -0.3 is 10.2 Å². The standard InChI is InChI=1S/C27H48O2S/c1-3-5-6-7-8-9-10-11-12-13-14-15-16-17-18-19-22-30-27(4-2)24-20-21-25(28)26(29)23-24/h20-21,23,27-29H,3-19,22H2,1-2H3. The number of phenols is 2. The number of benzene rings is 1. The monoisotopic (exact) mass is 436 g/mol. The molecule has 0 radical (unpaired) electrons. The van der Waals surface area contributed by atoms with Crippen molar-refractivity contribution in [1.82, 2.24) is 0 Å². The van der Waals surface area contributed by atoms with Crippen molar-refractivity contribution in [3.05, 3.63) is 23.8 Å². The van der Waals surface area contributed by atoms with Crippen LogP contribution in [0.1, 0.15) is 134 Å². The lowest BCUT2D eigenvalue weighted by Gasteiger charge is -2.15. The smallest absolute Gasteiger partial charge is 0.157 e. The zero-order chi connectivity index (χ0) is 21.9. The maximum absolute atomic E-state index is 9.71. The Morgan fingerprint density at radius 2 is 1.10 bits per heavy atom.